The second-order valence-corrected chi connectivity index (χ2v) is 6.93. The van der Waals surface area contributed by atoms with Crippen LogP contribution in [-0.2, 0) is 6.54 Å². The molecule has 1 aromatic heterocycles. The Balaban J connectivity index is 2.14. The van der Waals surface area contributed by atoms with Crippen molar-refractivity contribution in [3.63, 3.8) is 0 Å². The highest BCUT2D eigenvalue weighted by molar-refractivity contribution is 7.16. The number of aryl methyl sites for hydroxylation is 1. The highest BCUT2D eigenvalue weighted by Gasteiger charge is 2.14. The summed E-state index contributed by atoms with van der Waals surface area (Å²) in [4.78, 5) is 27.5. The maximum absolute atomic E-state index is 12.5. The van der Waals surface area contributed by atoms with E-state index in [0.717, 1.165) is 5.52 Å². The number of nitro benzene ring substituents is 1. The van der Waals surface area contributed by atoms with Gasteiger partial charge in [-0.25, -0.2) is 0 Å². The number of non-ortho nitro benzene ring substituents is 1. The monoisotopic (exact) mass is 395 g/mol. The molecule has 0 aliphatic carbocycles. The molecule has 9 heteroatoms. The van der Waals surface area contributed by atoms with E-state index in [4.69, 9.17) is 23.2 Å². The Hall–Kier alpha value is -2.22. The number of halogens is 2. The number of nitro groups is 1. The minimum absolute atomic E-state index is 0.00405. The smallest absolute Gasteiger partial charge is 0.281 e. The molecule has 0 N–H and O–H groups in total. The molecule has 3 aromatic rings. The normalized spacial score (nSPS) is 11.9. The molecule has 0 saturated heterocycles. The molecule has 0 unspecified atom stereocenters. The van der Waals surface area contributed by atoms with Crippen LogP contribution in [0, 0.1) is 10.1 Å². The van der Waals surface area contributed by atoms with Crippen LogP contribution >= 0.6 is 34.5 Å². The van der Waals surface area contributed by atoms with Crippen LogP contribution < -0.4 is 4.80 Å². The standard InChI is InChI=1S/C16H11Cl2N3O3S/c1-2-20-13-6-4-10(21(23)24)8-14(13)25-16(20)19-15(22)11-5-3-9(17)7-12(11)18/h3-8H,2H2,1H3. The fraction of sp³-hybridized carbons (Fsp3) is 0.125. The van der Waals surface area contributed by atoms with Gasteiger partial charge in [0.25, 0.3) is 11.6 Å². The summed E-state index contributed by atoms with van der Waals surface area (Å²) in [5.74, 6) is -0.495. The van der Waals surface area contributed by atoms with Crippen LogP contribution in [0.5, 0.6) is 0 Å². The van der Waals surface area contributed by atoms with Crippen LogP contribution in [0.4, 0.5) is 5.69 Å². The third-order valence-corrected chi connectivity index (χ3v) is 5.14. The fourth-order valence-corrected chi connectivity index (χ4v) is 3.99. The fourth-order valence-electron chi connectivity index (χ4n) is 2.38. The summed E-state index contributed by atoms with van der Waals surface area (Å²) in [5.41, 5.74) is 1.03. The Morgan fingerprint density at radius 3 is 2.68 bits per heavy atom. The van der Waals surface area contributed by atoms with Crippen molar-refractivity contribution in [2.45, 2.75) is 13.5 Å². The quantitative estimate of drug-likeness (QED) is 0.477. The van der Waals surface area contributed by atoms with Gasteiger partial charge in [0.1, 0.15) is 0 Å². The first-order valence-corrected chi connectivity index (χ1v) is 8.80. The number of aromatic nitrogens is 1. The summed E-state index contributed by atoms with van der Waals surface area (Å²) in [5, 5.41) is 11.6. The minimum atomic E-state index is -0.495. The Morgan fingerprint density at radius 1 is 1.28 bits per heavy atom. The van der Waals surface area contributed by atoms with Crippen LogP contribution in [0.15, 0.2) is 41.4 Å². The van der Waals surface area contributed by atoms with Gasteiger partial charge in [0, 0.05) is 23.7 Å². The maximum atomic E-state index is 12.5. The Morgan fingerprint density at radius 2 is 2.04 bits per heavy atom. The van der Waals surface area contributed by atoms with Crippen molar-refractivity contribution < 1.29 is 9.72 Å². The second kappa shape index (κ2) is 6.95. The average Bonchev–Trinajstić information content (AvgIpc) is 2.90. The van der Waals surface area contributed by atoms with Gasteiger partial charge in [-0.05, 0) is 31.2 Å². The number of hydrogen-bond donors (Lipinski definition) is 0. The van der Waals surface area contributed by atoms with Gasteiger partial charge in [0.2, 0.25) is 0 Å². The summed E-state index contributed by atoms with van der Waals surface area (Å²) in [6, 6.07) is 9.14. The molecule has 1 amide bonds. The first kappa shape index (κ1) is 17.6. The molecule has 0 spiro atoms. The number of benzene rings is 2. The molecular formula is C16H11Cl2N3O3S. The summed E-state index contributed by atoms with van der Waals surface area (Å²) >= 11 is 13.1. The van der Waals surface area contributed by atoms with Crippen LogP contribution in [0.1, 0.15) is 17.3 Å². The van der Waals surface area contributed by atoms with Gasteiger partial charge < -0.3 is 4.57 Å². The van der Waals surface area contributed by atoms with Crippen LogP contribution in [0.3, 0.4) is 0 Å². The number of nitrogens with zero attached hydrogens (tertiary/aromatic N) is 3. The Bertz CT molecular complexity index is 1070. The van der Waals surface area contributed by atoms with Crippen molar-refractivity contribution in [3.05, 3.63) is 66.9 Å². The van der Waals surface area contributed by atoms with E-state index in [1.165, 1.54) is 35.6 Å². The molecular weight excluding hydrogens is 385 g/mol. The van der Waals surface area contributed by atoms with E-state index in [1.54, 1.807) is 12.1 Å². The highest BCUT2D eigenvalue weighted by Crippen LogP contribution is 2.24. The number of carbonyl (C=O) groups is 1. The third-order valence-electron chi connectivity index (χ3n) is 3.55. The van der Waals surface area contributed by atoms with Gasteiger partial charge in [0.15, 0.2) is 4.80 Å². The largest absolute Gasteiger partial charge is 0.317 e. The molecule has 0 atom stereocenters. The summed E-state index contributed by atoms with van der Waals surface area (Å²) in [6.07, 6.45) is 0. The molecule has 0 radical (unpaired) electrons. The van der Waals surface area contributed by atoms with Gasteiger partial charge in [-0.15, -0.1) is 0 Å². The van der Waals surface area contributed by atoms with Gasteiger partial charge in [-0.2, -0.15) is 4.99 Å². The summed E-state index contributed by atoms with van der Waals surface area (Å²) in [7, 11) is 0. The van der Waals surface area contributed by atoms with Crippen LogP contribution in [0.2, 0.25) is 10.0 Å². The topological polar surface area (TPSA) is 77.5 Å². The molecule has 0 aliphatic heterocycles. The molecule has 6 nitrogen and oxygen atoms in total. The Labute approximate surface area is 156 Å². The first-order chi connectivity index (χ1) is 11.9. The van der Waals surface area contributed by atoms with Gasteiger partial charge >= 0.3 is 0 Å². The summed E-state index contributed by atoms with van der Waals surface area (Å²) < 4.78 is 2.51. The summed E-state index contributed by atoms with van der Waals surface area (Å²) in [6.45, 7) is 2.48. The molecule has 3 rings (SSSR count). The van der Waals surface area contributed by atoms with E-state index in [-0.39, 0.29) is 16.3 Å². The maximum Gasteiger partial charge on any atom is 0.281 e. The van der Waals surface area contributed by atoms with Gasteiger partial charge in [-0.1, -0.05) is 34.5 Å². The lowest BCUT2D eigenvalue weighted by molar-refractivity contribution is -0.384. The predicted molar refractivity (Wildman–Crippen MR) is 98.5 cm³/mol. The molecule has 128 valence electrons. The number of amides is 1. The van der Waals surface area contributed by atoms with E-state index < -0.39 is 10.8 Å². The van der Waals surface area contributed by atoms with Crippen molar-refractivity contribution in [3.8, 4) is 0 Å². The molecule has 2 aromatic carbocycles. The molecule has 0 bridgehead atoms. The van der Waals surface area contributed by atoms with E-state index in [2.05, 4.69) is 4.99 Å². The van der Waals surface area contributed by atoms with Crippen molar-refractivity contribution >= 4 is 56.3 Å². The molecule has 1 heterocycles. The SMILES string of the molecule is CCn1c(=NC(=O)c2ccc(Cl)cc2Cl)sc2cc([N+](=O)[O-])ccc21. The zero-order chi connectivity index (χ0) is 18.1. The highest BCUT2D eigenvalue weighted by atomic mass is 35.5. The number of carbonyl (C=O) groups excluding carboxylic acids is 1. The molecule has 0 fully saturated rings. The number of thiazole rings is 1. The van der Waals surface area contributed by atoms with Crippen molar-refractivity contribution in [1.29, 1.82) is 0 Å². The second-order valence-electron chi connectivity index (χ2n) is 5.08. The van der Waals surface area contributed by atoms with Gasteiger partial charge in [-0.3, -0.25) is 14.9 Å². The van der Waals surface area contributed by atoms with E-state index in [9.17, 15) is 14.9 Å². The predicted octanol–water partition coefficient (Wildman–Crippen LogP) is 4.68. The van der Waals surface area contributed by atoms with Crippen LogP contribution in [-0.4, -0.2) is 15.4 Å². The van der Waals surface area contributed by atoms with Crippen molar-refractivity contribution in [2.24, 2.45) is 4.99 Å². The number of hydrogen-bond acceptors (Lipinski definition) is 4. The van der Waals surface area contributed by atoms with Crippen LogP contribution in [0.25, 0.3) is 10.2 Å². The van der Waals surface area contributed by atoms with Gasteiger partial charge in [0.05, 0.1) is 25.7 Å². The molecule has 0 saturated carbocycles. The first-order valence-electron chi connectivity index (χ1n) is 7.22. The molecule has 25 heavy (non-hydrogen) atoms. The lowest BCUT2D eigenvalue weighted by Crippen LogP contribution is -2.16. The number of fused-ring (bicyclic) bond motifs is 1. The van der Waals surface area contributed by atoms with E-state index in [1.807, 2.05) is 11.5 Å². The van der Waals surface area contributed by atoms with E-state index >= 15 is 0 Å². The minimum Gasteiger partial charge on any atom is -0.317 e. The lowest BCUT2D eigenvalue weighted by Gasteiger charge is -2.01. The average molecular weight is 396 g/mol. The number of rotatable bonds is 3. The zero-order valence-corrected chi connectivity index (χ0v) is 15.2. The lowest BCUT2D eigenvalue weighted by atomic mass is 10.2. The van der Waals surface area contributed by atoms with E-state index in [0.29, 0.717) is 21.1 Å². The molecule has 0 aliphatic rings. The third kappa shape index (κ3) is 3.44. The van der Waals surface area contributed by atoms with Crippen molar-refractivity contribution in [1.82, 2.24) is 4.57 Å². The Kier molecular flexibility index (Phi) is 4.89. The van der Waals surface area contributed by atoms with Crippen molar-refractivity contribution in [2.75, 3.05) is 0 Å². The zero-order valence-electron chi connectivity index (χ0n) is 12.9.